The molecule has 0 atom stereocenters. The summed E-state index contributed by atoms with van der Waals surface area (Å²) in [5.41, 5.74) is 1.42. The zero-order valence-corrected chi connectivity index (χ0v) is 16.0. The van der Waals surface area contributed by atoms with Gasteiger partial charge in [-0.05, 0) is 24.6 Å². The maximum Gasteiger partial charge on any atom is 0.251 e. The summed E-state index contributed by atoms with van der Waals surface area (Å²) in [5, 5.41) is 2.69. The predicted molar refractivity (Wildman–Crippen MR) is 103 cm³/mol. The number of hydrogen-bond donors (Lipinski definition) is 1. The number of carbonyl (C=O) groups is 1. The molecule has 8 nitrogen and oxygen atoms in total. The number of carbonyl (C=O) groups excluding carboxylic acids is 1. The van der Waals surface area contributed by atoms with Crippen LogP contribution in [0.3, 0.4) is 0 Å². The van der Waals surface area contributed by atoms with Crippen molar-refractivity contribution in [1.29, 1.82) is 0 Å². The second kappa shape index (κ2) is 8.45. The van der Waals surface area contributed by atoms with E-state index in [-0.39, 0.29) is 18.2 Å². The lowest BCUT2D eigenvalue weighted by atomic mass is 10.1. The molecule has 0 spiro atoms. The number of nitrogens with zero attached hydrogens (tertiary/aromatic N) is 4. The summed E-state index contributed by atoms with van der Waals surface area (Å²) < 4.78 is 26.5. The van der Waals surface area contributed by atoms with Gasteiger partial charge < -0.3 is 10.2 Å². The van der Waals surface area contributed by atoms with Gasteiger partial charge in [-0.15, -0.1) is 0 Å². The first kappa shape index (κ1) is 19.2. The summed E-state index contributed by atoms with van der Waals surface area (Å²) in [5.74, 6) is 0.237. The van der Waals surface area contributed by atoms with Crippen LogP contribution < -0.4 is 10.2 Å². The van der Waals surface area contributed by atoms with E-state index in [9.17, 15) is 13.2 Å². The molecule has 2 aromatic rings. The normalized spacial score (nSPS) is 15.5. The Morgan fingerprint density at radius 3 is 2.41 bits per heavy atom. The van der Waals surface area contributed by atoms with Gasteiger partial charge in [-0.3, -0.25) is 4.79 Å². The zero-order chi connectivity index (χ0) is 19.3. The first-order chi connectivity index (χ1) is 13.0. The van der Waals surface area contributed by atoms with Gasteiger partial charge in [0, 0.05) is 50.7 Å². The van der Waals surface area contributed by atoms with Crippen LogP contribution in [0.5, 0.6) is 0 Å². The first-order valence-electron chi connectivity index (χ1n) is 8.81. The number of aromatic nitrogens is 2. The van der Waals surface area contributed by atoms with Crippen LogP contribution in [0.15, 0.2) is 42.7 Å². The van der Waals surface area contributed by atoms with Crippen molar-refractivity contribution in [3.63, 3.8) is 0 Å². The summed E-state index contributed by atoms with van der Waals surface area (Å²) in [6.45, 7) is 3.77. The van der Waals surface area contributed by atoms with E-state index < -0.39 is 10.0 Å². The van der Waals surface area contributed by atoms with Crippen LogP contribution in [-0.2, 0) is 10.0 Å². The highest BCUT2D eigenvalue weighted by molar-refractivity contribution is 7.89. The van der Waals surface area contributed by atoms with Gasteiger partial charge in [0.05, 0.1) is 5.75 Å². The standard InChI is InChI=1S/C18H23N5O3S/c1-15-5-2-3-6-16(15)17(24)19-9-14-27(25,26)23-12-10-22(11-13-23)18-20-7-4-8-21-18/h2-8H,9-14H2,1H3,(H,19,24). The predicted octanol–water partition coefficient (Wildman–Crippen LogP) is 0.667. The number of benzene rings is 1. The lowest BCUT2D eigenvalue weighted by molar-refractivity contribution is 0.0955. The summed E-state index contributed by atoms with van der Waals surface area (Å²) in [7, 11) is -3.43. The number of sulfonamides is 1. The summed E-state index contributed by atoms with van der Waals surface area (Å²) in [6, 6.07) is 8.96. The Bertz CT molecular complexity index is 881. The Kier molecular flexibility index (Phi) is 6.02. The molecular formula is C18H23N5O3S. The third-order valence-electron chi connectivity index (χ3n) is 4.50. The molecule has 1 fully saturated rings. The SMILES string of the molecule is Cc1ccccc1C(=O)NCCS(=O)(=O)N1CCN(c2ncccn2)CC1. The Labute approximate surface area is 159 Å². The Morgan fingerprint density at radius 1 is 1.07 bits per heavy atom. The molecule has 1 aromatic carbocycles. The fourth-order valence-electron chi connectivity index (χ4n) is 2.97. The summed E-state index contributed by atoms with van der Waals surface area (Å²) in [4.78, 5) is 22.5. The molecule has 0 radical (unpaired) electrons. The monoisotopic (exact) mass is 389 g/mol. The summed E-state index contributed by atoms with van der Waals surface area (Å²) >= 11 is 0. The molecule has 1 saturated heterocycles. The van der Waals surface area contributed by atoms with Crippen LogP contribution in [0.4, 0.5) is 5.95 Å². The fraction of sp³-hybridized carbons (Fsp3) is 0.389. The second-order valence-electron chi connectivity index (χ2n) is 6.32. The Balaban J connectivity index is 1.49. The van der Waals surface area contributed by atoms with E-state index in [1.54, 1.807) is 30.6 Å². The van der Waals surface area contributed by atoms with Crippen LogP contribution in [0.1, 0.15) is 15.9 Å². The molecule has 1 N–H and O–H groups in total. The van der Waals surface area contributed by atoms with Crippen molar-refractivity contribution in [3.05, 3.63) is 53.9 Å². The van der Waals surface area contributed by atoms with Crippen molar-refractivity contribution in [2.75, 3.05) is 43.4 Å². The number of anilines is 1. The van der Waals surface area contributed by atoms with Gasteiger partial charge in [0.2, 0.25) is 16.0 Å². The molecule has 27 heavy (non-hydrogen) atoms. The van der Waals surface area contributed by atoms with Crippen LogP contribution in [0.25, 0.3) is 0 Å². The van der Waals surface area contributed by atoms with E-state index in [0.29, 0.717) is 37.7 Å². The first-order valence-corrected chi connectivity index (χ1v) is 10.4. The largest absolute Gasteiger partial charge is 0.351 e. The van der Waals surface area contributed by atoms with E-state index in [4.69, 9.17) is 0 Å². The van der Waals surface area contributed by atoms with Gasteiger partial charge in [-0.1, -0.05) is 18.2 Å². The van der Waals surface area contributed by atoms with Crippen LogP contribution in [-0.4, -0.2) is 67.1 Å². The number of amides is 1. The number of rotatable bonds is 6. The topological polar surface area (TPSA) is 95.5 Å². The van der Waals surface area contributed by atoms with E-state index in [1.165, 1.54) is 4.31 Å². The quantitative estimate of drug-likeness (QED) is 0.780. The highest BCUT2D eigenvalue weighted by Crippen LogP contribution is 2.13. The van der Waals surface area contributed by atoms with E-state index >= 15 is 0 Å². The van der Waals surface area contributed by atoms with Gasteiger partial charge in [0.15, 0.2) is 0 Å². The van der Waals surface area contributed by atoms with Gasteiger partial charge >= 0.3 is 0 Å². The molecule has 1 amide bonds. The number of hydrogen-bond acceptors (Lipinski definition) is 6. The summed E-state index contributed by atoms with van der Waals surface area (Å²) in [6.07, 6.45) is 3.34. The molecule has 3 rings (SSSR count). The maximum atomic E-state index is 12.5. The minimum atomic E-state index is -3.43. The molecule has 0 saturated carbocycles. The smallest absolute Gasteiger partial charge is 0.251 e. The number of nitrogens with one attached hydrogen (secondary N) is 1. The molecule has 1 aromatic heterocycles. The molecule has 0 aliphatic carbocycles. The van der Waals surface area contributed by atoms with E-state index in [0.717, 1.165) is 5.56 Å². The lowest BCUT2D eigenvalue weighted by Gasteiger charge is -2.33. The molecule has 1 aliphatic heterocycles. The highest BCUT2D eigenvalue weighted by Gasteiger charge is 2.27. The number of aryl methyl sites for hydroxylation is 1. The Hall–Kier alpha value is -2.52. The average molecular weight is 389 g/mol. The minimum absolute atomic E-state index is 0.0809. The van der Waals surface area contributed by atoms with Crippen molar-refractivity contribution >= 4 is 21.9 Å². The minimum Gasteiger partial charge on any atom is -0.351 e. The van der Waals surface area contributed by atoms with Gasteiger partial charge in [-0.2, -0.15) is 4.31 Å². The number of piperazine rings is 1. The van der Waals surface area contributed by atoms with Crippen molar-refractivity contribution in [1.82, 2.24) is 19.6 Å². The molecular weight excluding hydrogens is 366 g/mol. The van der Waals surface area contributed by atoms with Crippen molar-refractivity contribution < 1.29 is 13.2 Å². The van der Waals surface area contributed by atoms with Gasteiger partial charge in [-0.25, -0.2) is 18.4 Å². The van der Waals surface area contributed by atoms with E-state index in [2.05, 4.69) is 15.3 Å². The zero-order valence-electron chi connectivity index (χ0n) is 15.2. The molecule has 144 valence electrons. The highest BCUT2D eigenvalue weighted by atomic mass is 32.2. The van der Waals surface area contributed by atoms with Crippen molar-refractivity contribution in [2.24, 2.45) is 0 Å². The van der Waals surface area contributed by atoms with E-state index in [1.807, 2.05) is 24.0 Å². The molecule has 0 unspecified atom stereocenters. The maximum absolute atomic E-state index is 12.5. The molecule has 9 heteroatoms. The van der Waals surface area contributed by atoms with Gasteiger partial charge in [0.25, 0.3) is 5.91 Å². The van der Waals surface area contributed by atoms with Gasteiger partial charge in [0.1, 0.15) is 0 Å². The molecule has 0 bridgehead atoms. The fourth-order valence-corrected chi connectivity index (χ4v) is 4.30. The molecule has 2 heterocycles. The third-order valence-corrected chi connectivity index (χ3v) is 6.37. The van der Waals surface area contributed by atoms with Crippen molar-refractivity contribution in [2.45, 2.75) is 6.92 Å². The third kappa shape index (κ3) is 4.81. The van der Waals surface area contributed by atoms with Crippen LogP contribution in [0.2, 0.25) is 0 Å². The van der Waals surface area contributed by atoms with Crippen LogP contribution >= 0.6 is 0 Å². The average Bonchev–Trinajstić information content (AvgIpc) is 2.69. The van der Waals surface area contributed by atoms with Crippen LogP contribution in [0, 0.1) is 6.92 Å². The second-order valence-corrected chi connectivity index (χ2v) is 8.41. The Morgan fingerprint density at radius 2 is 1.74 bits per heavy atom. The van der Waals surface area contributed by atoms with Crippen molar-refractivity contribution in [3.8, 4) is 0 Å². The molecule has 1 aliphatic rings. The lowest BCUT2D eigenvalue weighted by Crippen LogP contribution is -2.50.